The molecule has 0 bridgehead atoms. The Bertz CT molecular complexity index is 782. The van der Waals surface area contributed by atoms with E-state index in [0.29, 0.717) is 22.3 Å². The van der Waals surface area contributed by atoms with E-state index < -0.39 is 5.82 Å². The molecule has 0 aromatic heterocycles. The third kappa shape index (κ3) is 6.15. The van der Waals surface area contributed by atoms with Gasteiger partial charge in [0.2, 0.25) is 0 Å². The molecule has 1 aliphatic rings. The van der Waals surface area contributed by atoms with Crippen molar-refractivity contribution in [3.63, 3.8) is 0 Å². The van der Waals surface area contributed by atoms with Crippen LogP contribution in [-0.4, -0.2) is 50.3 Å². The fraction of sp³-hybridized carbons (Fsp3) is 0.350. The van der Waals surface area contributed by atoms with Gasteiger partial charge in [-0.3, -0.25) is 9.69 Å². The average molecular weight is 484 g/mol. The van der Waals surface area contributed by atoms with Crippen LogP contribution in [0.15, 0.2) is 42.5 Å². The van der Waals surface area contributed by atoms with Crippen molar-refractivity contribution in [1.29, 1.82) is 0 Å². The van der Waals surface area contributed by atoms with Crippen molar-refractivity contribution in [3.8, 4) is 5.75 Å². The normalized spacial score (nSPS) is 14.7. The van der Waals surface area contributed by atoms with Crippen LogP contribution in [0.5, 0.6) is 5.75 Å². The lowest BCUT2D eigenvalue weighted by Crippen LogP contribution is -2.38. The quantitative estimate of drug-likeness (QED) is 0.615. The molecular weight excluding hydrogens is 462 g/mol. The summed E-state index contributed by atoms with van der Waals surface area (Å²) in [5, 5.41) is 2.83. The third-order valence-electron chi connectivity index (χ3n) is 4.30. The minimum absolute atomic E-state index is 0.294. The Kier molecular flexibility index (Phi) is 7.42. The highest BCUT2D eigenvalue weighted by atomic mass is 127. The van der Waals surface area contributed by atoms with Crippen molar-refractivity contribution in [2.75, 3.05) is 39.5 Å². The van der Waals surface area contributed by atoms with Crippen LogP contribution in [0.4, 0.5) is 4.39 Å². The SMILES string of the molecule is O=C(NCc1cccc(OCCN2CCOCC2)c1)c1cc(F)ccc1I. The smallest absolute Gasteiger partial charge is 0.252 e. The van der Waals surface area contributed by atoms with Gasteiger partial charge in [0.15, 0.2) is 0 Å². The summed E-state index contributed by atoms with van der Waals surface area (Å²) in [4.78, 5) is 14.6. The molecule has 0 radical (unpaired) electrons. The molecule has 2 aromatic carbocycles. The summed E-state index contributed by atoms with van der Waals surface area (Å²) < 4.78 is 25.2. The van der Waals surface area contributed by atoms with Gasteiger partial charge in [-0.05, 0) is 58.5 Å². The van der Waals surface area contributed by atoms with E-state index in [1.807, 2.05) is 46.9 Å². The minimum atomic E-state index is -0.420. The zero-order valence-corrected chi connectivity index (χ0v) is 17.1. The number of amides is 1. The topological polar surface area (TPSA) is 50.8 Å². The van der Waals surface area contributed by atoms with Crippen LogP contribution in [0.2, 0.25) is 0 Å². The lowest BCUT2D eigenvalue weighted by molar-refractivity contribution is 0.0322. The first-order chi connectivity index (χ1) is 13.1. The number of halogens is 2. The third-order valence-corrected chi connectivity index (χ3v) is 5.25. The summed E-state index contributed by atoms with van der Waals surface area (Å²) in [7, 11) is 0. The van der Waals surface area contributed by atoms with E-state index in [-0.39, 0.29) is 5.91 Å². The second-order valence-electron chi connectivity index (χ2n) is 6.26. The number of nitrogens with one attached hydrogen (secondary N) is 1. The van der Waals surface area contributed by atoms with Crippen LogP contribution in [0.1, 0.15) is 15.9 Å². The van der Waals surface area contributed by atoms with Gasteiger partial charge in [-0.15, -0.1) is 0 Å². The second-order valence-corrected chi connectivity index (χ2v) is 7.42. The standard InChI is InChI=1S/C20H22FIN2O3/c21-16-4-5-19(22)18(13-16)20(25)23-14-15-2-1-3-17(12-15)27-11-8-24-6-9-26-10-7-24/h1-5,12-13H,6-11,14H2,(H,23,25). The van der Waals surface area contributed by atoms with Gasteiger partial charge in [0.05, 0.1) is 18.8 Å². The first kappa shape index (κ1) is 20.0. The number of hydrogen-bond donors (Lipinski definition) is 1. The number of carbonyl (C=O) groups is 1. The largest absolute Gasteiger partial charge is 0.492 e. The molecule has 1 heterocycles. The molecule has 0 saturated carbocycles. The summed E-state index contributed by atoms with van der Waals surface area (Å²) in [5.74, 6) is 0.0594. The summed E-state index contributed by atoms with van der Waals surface area (Å²) in [5.41, 5.74) is 1.27. The highest BCUT2D eigenvalue weighted by molar-refractivity contribution is 14.1. The molecule has 1 saturated heterocycles. The molecule has 27 heavy (non-hydrogen) atoms. The number of nitrogens with zero attached hydrogens (tertiary/aromatic N) is 1. The van der Waals surface area contributed by atoms with E-state index >= 15 is 0 Å². The van der Waals surface area contributed by atoms with Crippen molar-refractivity contribution < 1.29 is 18.7 Å². The molecule has 1 aliphatic heterocycles. The van der Waals surface area contributed by atoms with E-state index in [2.05, 4.69) is 10.2 Å². The summed E-state index contributed by atoms with van der Waals surface area (Å²) in [6.45, 7) is 5.26. The van der Waals surface area contributed by atoms with Gasteiger partial charge in [-0.1, -0.05) is 12.1 Å². The lowest BCUT2D eigenvalue weighted by atomic mass is 10.2. The van der Waals surface area contributed by atoms with Crippen LogP contribution >= 0.6 is 22.6 Å². The first-order valence-corrected chi connectivity index (χ1v) is 9.95. The molecule has 0 atom stereocenters. The first-order valence-electron chi connectivity index (χ1n) is 8.87. The van der Waals surface area contributed by atoms with Crippen LogP contribution in [0, 0.1) is 9.39 Å². The van der Waals surface area contributed by atoms with Crippen LogP contribution in [0.25, 0.3) is 0 Å². The molecule has 1 amide bonds. The maximum absolute atomic E-state index is 13.4. The highest BCUT2D eigenvalue weighted by Crippen LogP contribution is 2.16. The minimum Gasteiger partial charge on any atom is -0.492 e. The molecule has 2 aromatic rings. The van der Waals surface area contributed by atoms with Gasteiger partial charge >= 0.3 is 0 Å². The Morgan fingerprint density at radius 1 is 1.22 bits per heavy atom. The Morgan fingerprint density at radius 2 is 2.04 bits per heavy atom. The Balaban J connectivity index is 1.49. The molecule has 0 aliphatic carbocycles. The molecule has 3 rings (SSSR count). The predicted molar refractivity (Wildman–Crippen MR) is 109 cm³/mol. The maximum Gasteiger partial charge on any atom is 0.252 e. The van der Waals surface area contributed by atoms with Gasteiger partial charge in [-0.2, -0.15) is 0 Å². The number of carbonyl (C=O) groups excluding carboxylic acids is 1. The van der Waals surface area contributed by atoms with Crippen molar-refractivity contribution in [2.24, 2.45) is 0 Å². The Morgan fingerprint density at radius 3 is 2.85 bits per heavy atom. The predicted octanol–water partition coefficient (Wildman–Crippen LogP) is 3.07. The average Bonchev–Trinajstić information content (AvgIpc) is 2.69. The summed E-state index contributed by atoms with van der Waals surface area (Å²) in [6.07, 6.45) is 0. The van der Waals surface area contributed by atoms with Crippen molar-refractivity contribution in [2.45, 2.75) is 6.54 Å². The van der Waals surface area contributed by atoms with E-state index in [1.165, 1.54) is 12.1 Å². The molecular formula is C20H22FIN2O3. The van der Waals surface area contributed by atoms with Crippen molar-refractivity contribution >= 4 is 28.5 Å². The van der Waals surface area contributed by atoms with Gasteiger partial charge in [0.25, 0.3) is 5.91 Å². The van der Waals surface area contributed by atoms with E-state index in [9.17, 15) is 9.18 Å². The molecule has 1 fully saturated rings. The zero-order chi connectivity index (χ0) is 19.1. The Hall–Kier alpha value is -1.71. The monoisotopic (exact) mass is 484 g/mol. The number of hydrogen-bond acceptors (Lipinski definition) is 4. The molecule has 1 N–H and O–H groups in total. The van der Waals surface area contributed by atoms with E-state index in [0.717, 1.165) is 44.2 Å². The van der Waals surface area contributed by atoms with E-state index in [4.69, 9.17) is 9.47 Å². The van der Waals surface area contributed by atoms with E-state index in [1.54, 1.807) is 6.07 Å². The molecule has 5 nitrogen and oxygen atoms in total. The van der Waals surface area contributed by atoms with Crippen LogP contribution < -0.4 is 10.1 Å². The number of morpholine rings is 1. The maximum atomic E-state index is 13.4. The van der Waals surface area contributed by atoms with Gasteiger partial charge in [-0.25, -0.2) is 4.39 Å². The molecule has 0 unspecified atom stereocenters. The lowest BCUT2D eigenvalue weighted by Gasteiger charge is -2.26. The fourth-order valence-electron chi connectivity index (χ4n) is 2.81. The Labute approximate surface area is 172 Å². The molecule has 0 spiro atoms. The number of rotatable bonds is 7. The van der Waals surface area contributed by atoms with Gasteiger partial charge in [0.1, 0.15) is 18.2 Å². The fourth-order valence-corrected chi connectivity index (χ4v) is 3.39. The number of benzene rings is 2. The number of ether oxygens (including phenoxy) is 2. The summed E-state index contributed by atoms with van der Waals surface area (Å²) >= 11 is 2.03. The van der Waals surface area contributed by atoms with Gasteiger partial charge in [0, 0.05) is 29.7 Å². The zero-order valence-electron chi connectivity index (χ0n) is 14.9. The van der Waals surface area contributed by atoms with Crippen LogP contribution in [-0.2, 0) is 11.3 Å². The van der Waals surface area contributed by atoms with Crippen LogP contribution in [0.3, 0.4) is 0 Å². The van der Waals surface area contributed by atoms with Crippen molar-refractivity contribution in [3.05, 3.63) is 63.0 Å². The summed E-state index contributed by atoms with van der Waals surface area (Å²) in [6, 6.07) is 11.8. The van der Waals surface area contributed by atoms with Gasteiger partial charge < -0.3 is 14.8 Å². The highest BCUT2D eigenvalue weighted by Gasteiger charge is 2.12. The molecule has 144 valence electrons. The molecule has 7 heteroatoms. The van der Waals surface area contributed by atoms with Crippen molar-refractivity contribution in [1.82, 2.24) is 10.2 Å². The second kappa shape index (κ2) is 10.0.